The molecule has 76 valence electrons. The van der Waals surface area contributed by atoms with E-state index in [4.69, 9.17) is 5.26 Å². The fraction of sp³-hybridized carbons (Fsp3) is 0.143. The van der Waals surface area contributed by atoms with Crippen LogP contribution in [0.2, 0.25) is 0 Å². The SMILES string of the molecule is OOB(OOOCF)c1ccccc1. The van der Waals surface area contributed by atoms with Crippen molar-refractivity contribution in [1.29, 1.82) is 0 Å². The van der Waals surface area contributed by atoms with E-state index in [2.05, 4.69) is 19.5 Å². The molecule has 0 saturated carbocycles. The number of alkyl halides is 1. The zero-order chi connectivity index (χ0) is 10.2. The van der Waals surface area contributed by atoms with Gasteiger partial charge in [-0.15, -0.1) is 0 Å². The molecule has 0 spiro atoms. The Labute approximate surface area is 79.9 Å². The molecule has 0 unspecified atom stereocenters. The molecule has 0 aliphatic rings. The molecule has 1 rings (SSSR count). The van der Waals surface area contributed by atoms with Gasteiger partial charge in [0, 0.05) is 0 Å². The fourth-order valence-electron chi connectivity index (χ4n) is 0.826. The van der Waals surface area contributed by atoms with E-state index in [1.807, 2.05) is 0 Å². The van der Waals surface area contributed by atoms with E-state index < -0.39 is 14.0 Å². The summed E-state index contributed by atoms with van der Waals surface area (Å²) in [6.45, 7) is -1.16. The van der Waals surface area contributed by atoms with Crippen LogP contribution in [0.5, 0.6) is 0 Å². The van der Waals surface area contributed by atoms with Crippen LogP contribution in [0.25, 0.3) is 0 Å². The Hall–Kier alpha value is -0.985. The van der Waals surface area contributed by atoms with Gasteiger partial charge in [-0.3, -0.25) is 10.1 Å². The van der Waals surface area contributed by atoms with Crippen LogP contribution in [0.4, 0.5) is 4.39 Å². The monoisotopic (exact) mass is 202 g/mol. The van der Waals surface area contributed by atoms with E-state index >= 15 is 0 Å². The highest BCUT2D eigenvalue weighted by atomic mass is 19.1. The number of halogens is 1. The Balaban J connectivity index is 2.46. The van der Waals surface area contributed by atoms with Crippen molar-refractivity contribution >= 4 is 12.6 Å². The van der Waals surface area contributed by atoms with Gasteiger partial charge in [-0.25, -0.2) is 9.20 Å². The van der Waals surface area contributed by atoms with Crippen LogP contribution in [0.3, 0.4) is 0 Å². The third kappa shape index (κ3) is 3.40. The third-order valence-electron chi connectivity index (χ3n) is 1.39. The van der Waals surface area contributed by atoms with Crippen molar-refractivity contribution in [3.63, 3.8) is 0 Å². The van der Waals surface area contributed by atoms with E-state index in [0.717, 1.165) is 0 Å². The molecule has 1 aromatic rings. The summed E-state index contributed by atoms with van der Waals surface area (Å²) < 4.78 is 11.4. The van der Waals surface area contributed by atoms with Gasteiger partial charge in [-0.1, -0.05) is 35.4 Å². The van der Waals surface area contributed by atoms with Crippen LogP contribution in [-0.4, -0.2) is 19.2 Å². The first-order chi connectivity index (χ1) is 6.88. The molecule has 0 bridgehead atoms. The molecule has 0 heterocycles. The standard InChI is InChI=1S/C7H8BFO5/c9-6-11-14-13-8(12-10)7-4-2-1-3-5-7/h1-5,10H,6H2. The first kappa shape index (κ1) is 11.1. The van der Waals surface area contributed by atoms with Crippen LogP contribution >= 0.6 is 0 Å². The Morgan fingerprint density at radius 2 is 2.00 bits per heavy atom. The number of benzene rings is 1. The highest BCUT2D eigenvalue weighted by Gasteiger charge is 2.23. The maximum Gasteiger partial charge on any atom is 0.558 e. The maximum atomic E-state index is 11.4. The van der Waals surface area contributed by atoms with Gasteiger partial charge in [0.15, 0.2) is 0 Å². The first-order valence-corrected chi connectivity index (χ1v) is 3.74. The second kappa shape index (κ2) is 6.47. The van der Waals surface area contributed by atoms with Gasteiger partial charge in [0.1, 0.15) is 0 Å². The summed E-state index contributed by atoms with van der Waals surface area (Å²) in [4.78, 5) is 12.1. The van der Waals surface area contributed by atoms with Crippen LogP contribution < -0.4 is 5.46 Å². The molecule has 0 amide bonds. The average Bonchev–Trinajstić information content (AvgIpc) is 2.26. The summed E-state index contributed by atoms with van der Waals surface area (Å²) in [7, 11) is -1.18. The van der Waals surface area contributed by atoms with Crippen LogP contribution in [-0.2, 0) is 19.5 Å². The van der Waals surface area contributed by atoms with Crippen molar-refractivity contribution in [3.05, 3.63) is 30.3 Å². The van der Waals surface area contributed by atoms with Gasteiger partial charge in [0.25, 0.3) is 0 Å². The largest absolute Gasteiger partial charge is 0.558 e. The fourth-order valence-corrected chi connectivity index (χ4v) is 0.826. The van der Waals surface area contributed by atoms with Crippen molar-refractivity contribution in [3.8, 4) is 0 Å². The van der Waals surface area contributed by atoms with E-state index in [0.29, 0.717) is 5.46 Å². The minimum atomic E-state index is -1.18. The highest BCUT2D eigenvalue weighted by molar-refractivity contribution is 6.60. The maximum absolute atomic E-state index is 11.4. The van der Waals surface area contributed by atoms with Crippen molar-refractivity contribution in [1.82, 2.24) is 0 Å². The van der Waals surface area contributed by atoms with E-state index in [9.17, 15) is 4.39 Å². The molecule has 0 aliphatic carbocycles. The van der Waals surface area contributed by atoms with Gasteiger partial charge in [-0.2, -0.15) is 4.89 Å². The molecule has 1 aromatic carbocycles. The zero-order valence-electron chi connectivity index (χ0n) is 7.13. The minimum absolute atomic E-state index is 0.498. The molecule has 0 fully saturated rings. The van der Waals surface area contributed by atoms with Gasteiger partial charge in [0.05, 0.1) is 0 Å². The van der Waals surface area contributed by atoms with Gasteiger partial charge in [-0.05, 0) is 5.46 Å². The molecule has 7 heteroatoms. The Morgan fingerprint density at radius 1 is 1.29 bits per heavy atom. The topological polar surface area (TPSA) is 57.2 Å². The number of hydrogen-bond acceptors (Lipinski definition) is 5. The quantitative estimate of drug-likeness (QED) is 0.318. The van der Waals surface area contributed by atoms with Crippen molar-refractivity contribution in [2.24, 2.45) is 0 Å². The zero-order valence-corrected chi connectivity index (χ0v) is 7.13. The smallest absolute Gasteiger partial charge is 0.264 e. The highest BCUT2D eigenvalue weighted by Crippen LogP contribution is 1.93. The predicted molar refractivity (Wildman–Crippen MR) is 44.8 cm³/mol. The molecule has 14 heavy (non-hydrogen) atoms. The van der Waals surface area contributed by atoms with Crippen molar-refractivity contribution in [2.45, 2.75) is 0 Å². The lowest BCUT2D eigenvalue weighted by atomic mass is 9.80. The second-order valence-electron chi connectivity index (χ2n) is 2.24. The first-order valence-electron chi connectivity index (χ1n) is 3.74. The van der Waals surface area contributed by atoms with Crippen molar-refractivity contribution < 1.29 is 29.2 Å². The number of hydrogen-bond donors (Lipinski definition) is 1. The van der Waals surface area contributed by atoms with Gasteiger partial charge in [0.2, 0.25) is 6.86 Å². The normalized spacial score (nSPS) is 10.1. The van der Waals surface area contributed by atoms with Gasteiger partial charge >= 0.3 is 7.12 Å². The lowest BCUT2D eigenvalue weighted by Gasteiger charge is -2.07. The molecular weight excluding hydrogens is 194 g/mol. The second-order valence-corrected chi connectivity index (χ2v) is 2.24. The van der Waals surface area contributed by atoms with Gasteiger partial charge < -0.3 is 0 Å². The van der Waals surface area contributed by atoms with Crippen LogP contribution in [0.1, 0.15) is 0 Å². The Kier molecular flexibility index (Phi) is 5.12. The molecule has 0 radical (unpaired) electrons. The summed E-state index contributed by atoms with van der Waals surface area (Å²) in [6, 6.07) is 8.44. The van der Waals surface area contributed by atoms with Crippen molar-refractivity contribution in [2.75, 3.05) is 6.86 Å². The lowest BCUT2D eigenvalue weighted by Crippen LogP contribution is -2.35. The molecule has 0 aliphatic heterocycles. The summed E-state index contributed by atoms with van der Waals surface area (Å²) >= 11 is 0. The molecule has 0 saturated heterocycles. The molecule has 0 aromatic heterocycles. The van der Waals surface area contributed by atoms with Crippen LogP contribution in [0, 0.1) is 0 Å². The average molecular weight is 202 g/mol. The van der Waals surface area contributed by atoms with E-state index in [1.165, 1.54) is 0 Å². The molecular formula is C7H8BFO5. The summed E-state index contributed by atoms with van der Waals surface area (Å²) in [5, 5.41) is 12.4. The molecule has 5 nitrogen and oxygen atoms in total. The summed E-state index contributed by atoms with van der Waals surface area (Å²) in [5.74, 6) is 0. The van der Waals surface area contributed by atoms with Crippen LogP contribution in [0.15, 0.2) is 30.3 Å². The number of rotatable bonds is 6. The third-order valence-corrected chi connectivity index (χ3v) is 1.39. The predicted octanol–water partition coefficient (Wildman–Crippen LogP) is 0.678. The lowest BCUT2D eigenvalue weighted by molar-refractivity contribution is -0.487. The molecule has 0 atom stereocenters. The Bertz CT molecular complexity index is 247. The van der Waals surface area contributed by atoms with E-state index in [-0.39, 0.29) is 0 Å². The minimum Gasteiger partial charge on any atom is -0.264 e. The summed E-state index contributed by atoms with van der Waals surface area (Å²) in [6.07, 6.45) is 0. The molecule has 1 N–H and O–H groups in total. The van der Waals surface area contributed by atoms with E-state index in [1.54, 1.807) is 30.3 Å². The summed E-state index contributed by atoms with van der Waals surface area (Å²) in [5.41, 5.74) is 0.498. The Morgan fingerprint density at radius 3 is 2.57 bits per heavy atom.